The fourth-order valence-corrected chi connectivity index (χ4v) is 1.17. The smallest absolute Gasteiger partial charge is 0.253 e. The Morgan fingerprint density at radius 3 is 2.50 bits per heavy atom. The summed E-state index contributed by atoms with van der Waals surface area (Å²) in [5, 5.41) is 7.61. The Morgan fingerprint density at radius 1 is 1.19 bits per heavy atom. The maximum Gasteiger partial charge on any atom is 0.253 e. The molecule has 0 aliphatic carbocycles. The Kier molecular flexibility index (Phi) is 3.14. The van der Waals surface area contributed by atoms with Gasteiger partial charge in [0.15, 0.2) is 6.61 Å². The highest BCUT2D eigenvalue weighted by Gasteiger charge is 2.04. The molecule has 0 aliphatic heterocycles. The average molecular weight is 222 g/mol. The van der Waals surface area contributed by atoms with Crippen LogP contribution < -0.4 is 4.74 Å². The molecule has 0 amide bonds. The molecule has 0 radical (unpaired) electrons. The van der Waals surface area contributed by atoms with Crippen LogP contribution in [0.1, 0.15) is 18.7 Å². The molecule has 0 fully saturated rings. The van der Waals surface area contributed by atoms with Crippen LogP contribution in [-0.4, -0.2) is 10.2 Å². The molecule has 0 unspecified atom stereocenters. The Hall–Kier alpha value is -1.91. The molecule has 1 aromatic carbocycles. The Morgan fingerprint density at radius 2 is 1.88 bits per heavy atom. The number of aromatic nitrogens is 2. The summed E-state index contributed by atoms with van der Waals surface area (Å²) in [6.45, 7) is 2.12. The summed E-state index contributed by atoms with van der Waals surface area (Å²) in [7, 11) is 0. The molecule has 4 nitrogen and oxygen atoms in total. The second kappa shape index (κ2) is 4.74. The van der Waals surface area contributed by atoms with Crippen LogP contribution >= 0.6 is 0 Å². The summed E-state index contributed by atoms with van der Waals surface area (Å²) >= 11 is 0. The normalized spacial score (nSPS) is 10.4. The van der Waals surface area contributed by atoms with Crippen molar-refractivity contribution >= 4 is 0 Å². The van der Waals surface area contributed by atoms with E-state index in [-0.39, 0.29) is 12.4 Å². The Balaban J connectivity index is 1.94. The van der Waals surface area contributed by atoms with Crippen molar-refractivity contribution in [2.75, 3.05) is 0 Å². The van der Waals surface area contributed by atoms with Crippen molar-refractivity contribution in [3.8, 4) is 5.75 Å². The maximum atomic E-state index is 12.6. The van der Waals surface area contributed by atoms with Crippen LogP contribution in [-0.2, 0) is 13.0 Å². The minimum Gasteiger partial charge on any atom is -0.484 e. The largest absolute Gasteiger partial charge is 0.484 e. The topological polar surface area (TPSA) is 48.2 Å². The van der Waals surface area contributed by atoms with Crippen LogP contribution in [0.3, 0.4) is 0 Å². The first-order chi connectivity index (χ1) is 7.78. The van der Waals surface area contributed by atoms with Gasteiger partial charge in [-0.1, -0.05) is 6.92 Å². The predicted octanol–water partition coefficient (Wildman–Crippen LogP) is 2.35. The van der Waals surface area contributed by atoms with E-state index >= 15 is 0 Å². The number of rotatable bonds is 4. The van der Waals surface area contributed by atoms with E-state index in [1.807, 2.05) is 6.92 Å². The van der Waals surface area contributed by atoms with Gasteiger partial charge in [-0.3, -0.25) is 0 Å². The van der Waals surface area contributed by atoms with Gasteiger partial charge in [-0.25, -0.2) is 4.39 Å². The van der Waals surface area contributed by atoms with Crippen molar-refractivity contribution in [3.05, 3.63) is 41.9 Å². The lowest BCUT2D eigenvalue weighted by Gasteiger charge is -2.01. The Bertz CT molecular complexity index is 453. The second-order valence-electron chi connectivity index (χ2n) is 3.19. The molecule has 0 spiro atoms. The molecular formula is C11H11FN2O2. The zero-order chi connectivity index (χ0) is 11.4. The molecule has 16 heavy (non-hydrogen) atoms. The molecule has 84 valence electrons. The van der Waals surface area contributed by atoms with Crippen LogP contribution in [0.4, 0.5) is 4.39 Å². The van der Waals surface area contributed by atoms with Gasteiger partial charge >= 0.3 is 0 Å². The average Bonchev–Trinajstić information content (AvgIpc) is 2.76. The molecule has 5 heteroatoms. The zero-order valence-corrected chi connectivity index (χ0v) is 8.81. The number of ether oxygens (including phenoxy) is 1. The standard InChI is InChI=1S/C11H11FN2O2/c1-2-10-13-14-11(16-10)7-15-9-5-3-8(12)4-6-9/h3-6H,2,7H2,1H3. The van der Waals surface area contributed by atoms with E-state index in [0.29, 0.717) is 24.0 Å². The molecule has 0 atom stereocenters. The van der Waals surface area contributed by atoms with Crippen molar-refractivity contribution in [1.82, 2.24) is 10.2 Å². The number of hydrogen-bond donors (Lipinski definition) is 0. The molecular weight excluding hydrogens is 211 g/mol. The number of benzene rings is 1. The van der Waals surface area contributed by atoms with E-state index in [4.69, 9.17) is 9.15 Å². The van der Waals surface area contributed by atoms with Gasteiger partial charge in [0.2, 0.25) is 5.89 Å². The first-order valence-electron chi connectivity index (χ1n) is 4.97. The molecule has 2 aromatic rings. The highest BCUT2D eigenvalue weighted by atomic mass is 19.1. The first kappa shape index (κ1) is 10.6. The van der Waals surface area contributed by atoms with E-state index in [2.05, 4.69) is 10.2 Å². The molecule has 0 aliphatic rings. The van der Waals surface area contributed by atoms with Crippen LogP contribution in [0.5, 0.6) is 5.75 Å². The van der Waals surface area contributed by atoms with Gasteiger partial charge in [0.25, 0.3) is 5.89 Å². The fourth-order valence-electron chi connectivity index (χ4n) is 1.17. The third-order valence-electron chi connectivity index (χ3n) is 1.99. The summed E-state index contributed by atoms with van der Waals surface area (Å²) in [5.41, 5.74) is 0. The highest BCUT2D eigenvalue weighted by molar-refractivity contribution is 5.22. The summed E-state index contributed by atoms with van der Waals surface area (Å²) in [4.78, 5) is 0. The lowest BCUT2D eigenvalue weighted by atomic mass is 10.3. The molecule has 1 heterocycles. The van der Waals surface area contributed by atoms with Crippen molar-refractivity contribution in [2.24, 2.45) is 0 Å². The van der Waals surface area contributed by atoms with Gasteiger partial charge in [-0.15, -0.1) is 10.2 Å². The number of aryl methyl sites for hydroxylation is 1. The Labute approximate surface area is 92.1 Å². The van der Waals surface area contributed by atoms with Crippen LogP contribution in [0.25, 0.3) is 0 Å². The lowest BCUT2D eigenvalue weighted by molar-refractivity contribution is 0.259. The van der Waals surface area contributed by atoms with Crippen molar-refractivity contribution in [3.63, 3.8) is 0 Å². The molecule has 1 aromatic heterocycles. The molecule has 0 saturated carbocycles. The number of hydrogen-bond acceptors (Lipinski definition) is 4. The minimum absolute atomic E-state index is 0.193. The fraction of sp³-hybridized carbons (Fsp3) is 0.273. The molecule has 2 rings (SSSR count). The van der Waals surface area contributed by atoms with E-state index in [1.54, 1.807) is 12.1 Å². The highest BCUT2D eigenvalue weighted by Crippen LogP contribution is 2.13. The zero-order valence-electron chi connectivity index (χ0n) is 8.81. The SMILES string of the molecule is CCc1nnc(COc2ccc(F)cc2)o1. The van der Waals surface area contributed by atoms with Gasteiger partial charge in [-0.2, -0.15) is 0 Å². The van der Waals surface area contributed by atoms with E-state index in [1.165, 1.54) is 12.1 Å². The predicted molar refractivity (Wildman–Crippen MR) is 54.4 cm³/mol. The summed E-state index contributed by atoms with van der Waals surface area (Å²) in [6, 6.07) is 5.76. The quantitative estimate of drug-likeness (QED) is 0.796. The third-order valence-corrected chi connectivity index (χ3v) is 1.99. The minimum atomic E-state index is -0.293. The van der Waals surface area contributed by atoms with Crippen LogP contribution in [0, 0.1) is 5.82 Å². The van der Waals surface area contributed by atoms with Crippen LogP contribution in [0.15, 0.2) is 28.7 Å². The van der Waals surface area contributed by atoms with Gasteiger partial charge in [-0.05, 0) is 24.3 Å². The number of halogens is 1. The molecule has 0 N–H and O–H groups in total. The monoisotopic (exact) mass is 222 g/mol. The van der Waals surface area contributed by atoms with Crippen molar-refractivity contribution in [2.45, 2.75) is 20.0 Å². The van der Waals surface area contributed by atoms with Crippen LogP contribution in [0.2, 0.25) is 0 Å². The van der Waals surface area contributed by atoms with Gasteiger partial charge in [0.1, 0.15) is 11.6 Å². The maximum absolute atomic E-state index is 12.6. The van der Waals surface area contributed by atoms with E-state index < -0.39 is 0 Å². The summed E-state index contributed by atoms with van der Waals surface area (Å²) < 4.78 is 23.2. The van der Waals surface area contributed by atoms with E-state index in [9.17, 15) is 4.39 Å². The number of nitrogens with zero attached hydrogens (tertiary/aromatic N) is 2. The second-order valence-corrected chi connectivity index (χ2v) is 3.19. The molecule has 0 bridgehead atoms. The third kappa shape index (κ3) is 2.56. The summed E-state index contributed by atoms with van der Waals surface area (Å²) in [6.07, 6.45) is 0.698. The van der Waals surface area contributed by atoms with Crippen molar-refractivity contribution < 1.29 is 13.5 Å². The first-order valence-corrected chi connectivity index (χ1v) is 4.97. The van der Waals surface area contributed by atoms with Crippen molar-refractivity contribution in [1.29, 1.82) is 0 Å². The summed E-state index contributed by atoms with van der Waals surface area (Å²) in [5.74, 6) is 1.27. The lowest BCUT2D eigenvalue weighted by Crippen LogP contribution is -1.95. The van der Waals surface area contributed by atoms with E-state index in [0.717, 1.165) is 0 Å². The molecule has 0 saturated heterocycles. The van der Waals surface area contributed by atoms with Gasteiger partial charge < -0.3 is 9.15 Å². The van der Waals surface area contributed by atoms with Gasteiger partial charge in [0.05, 0.1) is 0 Å². The van der Waals surface area contributed by atoms with Gasteiger partial charge in [0, 0.05) is 6.42 Å².